The van der Waals surface area contributed by atoms with Crippen LogP contribution >= 0.6 is 12.4 Å². The molecule has 1 aromatic carbocycles. The van der Waals surface area contributed by atoms with Crippen LogP contribution in [0.2, 0.25) is 0 Å². The van der Waals surface area contributed by atoms with Crippen LogP contribution in [0.1, 0.15) is 0 Å². The third-order valence-corrected chi connectivity index (χ3v) is 3.03. The maximum atomic E-state index is 12.9. The van der Waals surface area contributed by atoms with E-state index in [2.05, 4.69) is 5.32 Å². The number of sulfone groups is 1. The zero-order chi connectivity index (χ0) is 12.3. The largest absolute Gasteiger partial charge is 0.372 e. The highest BCUT2D eigenvalue weighted by molar-refractivity contribution is 7.90. The van der Waals surface area contributed by atoms with Crippen molar-refractivity contribution in [2.24, 2.45) is 5.73 Å². The van der Waals surface area contributed by atoms with E-state index < -0.39 is 21.9 Å². The summed E-state index contributed by atoms with van der Waals surface area (Å²) in [5.74, 6) is -0.659. The molecule has 8 heteroatoms. The summed E-state index contributed by atoms with van der Waals surface area (Å²) in [4.78, 5) is -0.208. The second-order valence-corrected chi connectivity index (χ2v) is 5.29. The van der Waals surface area contributed by atoms with E-state index in [1.54, 1.807) is 0 Å². The third kappa shape index (κ3) is 4.47. The minimum Gasteiger partial charge on any atom is -0.372 e. The fourth-order valence-electron chi connectivity index (χ4n) is 1.16. The van der Waals surface area contributed by atoms with Crippen molar-refractivity contribution in [3.8, 4) is 0 Å². The van der Waals surface area contributed by atoms with E-state index in [-0.39, 0.29) is 29.5 Å². The number of halogens is 2. The maximum absolute atomic E-state index is 12.9. The van der Waals surface area contributed by atoms with Crippen LogP contribution in [-0.2, 0) is 9.84 Å². The highest BCUT2D eigenvalue weighted by Crippen LogP contribution is 2.22. The quantitative estimate of drug-likeness (QED) is 0.694. The summed E-state index contributed by atoms with van der Waals surface area (Å²) in [5, 5.41) is 11.7. The first-order valence-corrected chi connectivity index (χ1v) is 6.38. The van der Waals surface area contributed by atoms with Gasteiger partial charge in [0.15, 0.2) is 9.84 Å². The third-order valence-electron chi connectivity index (χ3n) is 1.89. The van der Waals surface area contributed by atoms with E-state index >= 15 is 0 Å². The Morgan fingerprint density at radius 1 is 1.53 bits per heavy atom. The molecule has 1 atom stereocenters. The van der Waals surface area contributed by atoms with Gasteiger partial charge in [0.1, 0.15) is 12.0 Å². The number of rotatable bonds is 4. The molecule has 0 amide bonds. The highest BCUT2D eigenvalue weighted by Gasteiger charge is 2.15. The lowest BCUT2D eigenvalue weighted by molar-refractivity contribution is 0.211. The lowest BCUT2D eigenvalue weighted by Crippen LogP contribution is -2.28. The summed E-state index contributed by atoms with van der Waals surface area (Å²) in [5.41, 5.74) is 5.30. The van der Waals surface area contributed by atoms with Crippen LogP contribution in [0, 0.1) is 5.82 Å². The molecule has 0 spiro atoms. The Labute approximate surface area is 105 Å². The summed E-state index contributed by atoms with van der Waals surface area (Å²) in [6.07, 6.45) is -0.118. The Bertz CT molecular complexity index is 481. The molecule has 0 saturated carbocycles. The molecule has 0 aromatic heterocycles. The Hall–Kier alpha value is -0.890. The summed E-state index contributed by atoms with van der Waals surface area (Å²) in [7, 11) is -3.56. The van der Waals surface area contributed by atoms with Crippen LogP contribution in [0.5, 0.6) is 0 Å². The molecule has 1 unspecified atom stereocenters. The van der Waals surface area contributed by atoms with Gasteiger partial charge in [-0.2, -0.15) is 0 Å². The number of hydrogen-bond acceptors (Lipinski definition) is 5. The van der Waals surface area contributed by atoms with Crippen molar-refractivity contribution in [3.63, 3.8) is 0 Å². The van der Waals surface area contributed by atoms with Crippen molar-refractivity contribution in [2.75, 3.05) is 18.1 Å². The molecule has 98 valence electrons. The van der Waals surface area contributed by atoms with Gasteiger partial charge in [-0.3, -0.25) is 0 Å². The summed E-state index contributed by atoms with van der Waals surface area (Å²) < 4.78 is 35.6. The lowest BCUT2D eigenvalue weighted by Gasteiger charge is -2.14. The van der Waals surface area contributed by atoms with E-state index in [0.717, 1.165) is 18.4 Å². The average molecular weight is 285 g/mol. The number of anilines is 1. The molecule has 17 heavy (non-hydrogen) atoms. The number of aliphatic hydroxyl groups excluding tert-OH is 1. The van der Waals surface area contributed by atoms with Gasteiger partial charge in [0.05, 0.1) is 10.6 Å². The predicted molar refractivity (Wildman–Crippen MR) is 65.4 cm³/mol. The molecule has 0 heterocycles. The second kappa shape index (κ2) is 6.15. The monoisotopic (exact) mass is 284 g/mol. The van der Waals surface area contributed by atoms with E-state index in [4.69, 9.17) is 5.73 Å². The van der Waals surface area contributed by atoms with Crippen LogP contribution in [0.4, 0.5) is 10.1 Å². The predicted octanol–water partition coefficient (Wildman–Crippen LogP) is 0.340. The van der Waals surface area contributed by atoms with E-state index in [9.17, 15) is 17.9 Å². The summed E-state index contributed by atoms with van der Waals surface area (Å²) in [6, 6.07) is 3.23. The zero-order valence-electron chi connectivity index (χ0n) is 9.05. The topological polar surface area (TPSA) is 92.4 Å². The Balaban J connectivity index is 0.00000256. The standard InChI is InChI=1S/C9H13FN2O3S.ClH/c1-16(14,15)8-4-6(10)2-3-7(8)12-9(13)5-11;/h2-4,9,12-13H,5,11H2,1H3;1H. The minimum atomic E-state index is -3.56. The van der Waals surface area contributed by atoms with Crippen molar-refractivity contribution in [1.82, 2.24) is 0 Å². The zero-order valence-corrected chi connectivity index (χ0v) is 10.7. The van der Waals surface area contributed by atoms with E-state index in [1.165, 1.54) is 6.07 Å². The van der Waals surface area contributed by atoms with Crippen LogP contribution in [0.3, 0.4) is 0 Å². The number of nitrogens with two attached hydrogens (primary N) is 1. The summed E-state index contributed by atoms with van der Waals surface area (Å²) in [6.45, 7) is -0.0828. The molecule has 0 aliphatic rings. The molecular formula is C9H14ClFN2O3S. The van der Waals surface area contributed by atoms with Gasteiger partial charge in [0.2, 0.25) is 0 Å². The van der Waals surface area contributed by atoms with Gasteiger partial charge in [-0.15, -0.1) is 12.4 Å². The van der Waals surface area contributed by atoms with Crippen molar-refractivity contribution < 1.29 is 17.9 Å². The molecule has 0 aliphatic carbocycles. The van der Waals surface area contributed by atoms with Gasteiger partial charge in [-0.1, -0.05) is 0 Å². The van der Waals surface area contributed by atoms with Crippen molar-refractivity contribution in [2.45, 2.75) is 11.1 Å². The molecule has 0 saturated heterocycles. The van der Waals surface area contributed by atoms with Gasteiger partial charge >= 0.3 is 0 Å². The number of aliphatic hydroxyl groups is 1. The lowest BCUT2D eigenvalue weighted by atomic mass is 10.3. The Kier molecular flexibility index (Phi) is 5.83. The molecule has 1 aromatic rings. The number of nitrogens with one attached hydrogen (secondary N) is 1. The molecule has 0 bridgehead atoms. The van der Waals surface area contributed by atoms with E-state index in [1.807, 2.05) is 0 Å². The van der Waals surface area contributed by atoms with Gasteiger partial charge in [-0.05, 0) is 18.2 Å². The molecule has 4 N–H and O–H groups in total. The van der Waals surface area contributed by atoms with Crippen molar-refractivity contribution >= 4 is 27.9 Å². The molecule has 5 nitrogen and oxygen atoms in total. The minimum absolute atomic E-state index is 0. The van der Waals surface area contributed by atoms with E-state index in [0.29, 0.717) is 0 Å². The van der Waals surface area contributed by atoms with Crippen molar-refractivity contribution in [3.05, 3.63) is 24.0 Å². The van der Waals surface area contributed by atoms with Gasteiger partial charge < -0.3 is 16.2 Å². The first kappa shape index (κ1) is 16.1. The smallest absolute Gasteiger partial charge is 0.177 e. The normalized spacial score (nSPS) is 12.7. The van der Waals surface area contributed by atoms with Gasteiger partial charge in [0, 0.05) is 12.8 Å². The van der Waals surface area contributed by atoms with Crippen LogP contribution < -0.4 is 11.1 Å². The first-order valence-electron chi connectivity index (χ1n) is 4.49. The van der Waals surface area contributed by atoms with Crippen LogP contribution in [0.15, 0.2) is 23.1 Å². The molecule has 1 rings (SSSR count). The fraction of sp³-hybridized carbons (Fsp3) is 0.333. The Morgan fingerprint density at radius 3 is 2.59 bits per heavy atom. The first-order chi connectivity index (χ1) is 7.34. The molecule has 0 radical (unpaired) electrons. The molecule has 0 aliphatic heterocycles. The SMILES string of the molecule is CS(=O)(=O)c1cc(F)ccc1NC(O)CN.Cl. The van der Waals surface area contributed by atoms with Gasteiger partial charge in [0.25, 0.3) is 0 Å². The average Bonchev–Trinajstić information content (AvgIpc) is 2.19. The molecule has 0 fully saturated rings. The van der Waals surface area contributed by atoms with Crippen LogP contribution in [-0.4, -0.2) is 32.6 Å². The fourth-order valence-corrected chi connectivity index (χ4v) is 2.01. The van der Waals surface area contributed by atoms with Crippen LogP contribution in [0.25, 0.3) is 0 Å². The molecular weight excluding hydrogens is 271 g/mol. The maximum Gasteiger partial charge on any atom is 0.177 e. The highest BCUT2D eigenvalue weighted by atomic mass is 35.5. The number of benzene rings is 1. The van der Waals surface area contributed by atoms with Crippen molar-refractivity contribution in [1.29, 1.82) is 0 Å². The van der Waals surface area contributed by atoms with Gasteiger partial charge in [-0.25, -0.2) is 12.8 Å². The second-order valence-electron chi connectivity index (χ2n) is 3.31. The summed E-state index contributed by atoms with van der Waals surface area (Å²) >= 11 is 0. The number of hydrogen-bond donors (Lipinski definition) is 3. The Morgan fingerprint density at radius 2 is 2.12 bits per heavy atom.